The third-order valence-electron chi connectivity index (χ3n) is 2.58. The van der Waals surface area contributed by atoms with Gasteiger partial charge in [0.15, 0.2) is 0 Å². The molecule has 2 rings (SSSR count). The maximum Gasteiger partial charge on any atom is 0.252 e. The summed E-state index contributed by atoms with van der Waals surface area (Å²) in [6.45, 7) is 4.10. The van der Waals surface area contributed by atoms with Crippen LogP contribution in [0.15, 0.2) is 18.2 Å². The molecule has 68 valence electrons. The highest BCUT2D eigenvalue weighted by atomic mass is 16.2. The third-order valence-corrected chi connectivity index (χ3v) is 2.58. The Bertz CT molecular complexity index is 357. The van der Waals surface area contributed by atoms with E-state index in [9.17, 15) is 4.79 Å². The van der Waals surface area contributed by atoms with Gasteiger partial charge in [-0.05, 0) is 30.5 Å². The first-order valence-corrected chi connectivity index (χ1v) is 4.66. The Balaban J connectivity index is 2.52. The van der Waals surface area contributed by atoms with Gasteiger partial charge in [-0.25, -0.2) is 0 Å². The summed E-state index contributed by atoms with van der Waals surface area (Å²) < 4.78 is 0. The van der Waals surface area contributed by atoms with Crippen LogP contribution in [0.1, 0.15) is 41.4 Å². The Kier molecular flexibility index (Phi) is 1.83. The predicted molar refractivity (Wildman–Crippen MR) is 51.7 cm³/mol. The van der Waals surface area contributed by atoms with Crippen LogP contribution in [0.3, 0.4) is 0 Å². The van der Waals surface area contributed by atoms with Crippen LogP contribution < -0.4 is 5.32 Å². The molecule has 1 heterocycles. The van der Waals surface area contributed by atoms with Crippen LogP contribution in [-0.2, 0) is 6.42 Å². The van der Waals surface area contributed by atoms with Gasteiger partial charge < -0.3 is 5.32 Å². The highest BCUT2D eigenvalue weighted by Gasteiger charge is 2.24. The monoisotopic (exact) mass is 175 g/mol. The third kappa shape index (κ3) is 1.22. The molecule has 0 saturated carbocycles. The summed E-state index contributed by atoms with van der Waals surface area (Å²) in [5.41, 5.74) is 3.21. The van der Waals surface area contributed by atoms with Crippen LogP contribution in [0.5, 0.6) is 0 Å². The quantitative estimate of drug-likeness (QED) is 0.695. The minimum absolute atomic E-state index is 0.0674. The fraction of sp³-hybridized carbons (Fsp3) is 0.364. The maximum atomic E-state index is 11.4. The second-order valence-corrected chi connectivity index (χ2v) is 3.47. The van der Waals surface area contributed by atoms with E-state index in [4.69, 9.17) is 0 Å². The first-order chi connectivity index (χ1) is 6.22. The van der Waals surface area contributed by atoms with Crippen LogP contribution in [0.4, 0.5) is 0 Å². The Hall–Kier alpha value is -1.31. The van der Waals surface area contributed by atoms with E-state index < -0.39 is 0 Å². The van der Waals surface area contributed by atoms with Crippen LogP contribution >= 0.6 is 0 Å². The van der Waals surface area contributed by atoms with Gasteiger partial charge in [0, 0.05) is 5.56 Å². The number of carbonyl (C=O) groups is 1. The van der Waals surface area contributed by atoms with Crippen molar-refractivity contribution in [3.8, 4) is 0 Å². The first-order valence-electron chi connectivity index (χ1n) is 4.66. The molecule has 1 atom stereocenters. The molecule has 0 fully saturated rings. The molecule has 0 aromatic heterocycles. The highest BCUT2D eigenvalue weighted by molar-refractivity contribution is 5.99. The molecule has 1 N–H and O–H groups in total. The van der Waals surface area contributed by atoms with Gasteiger partial charge >= 0.3 is 0 Å². The van der Waals surface area contributed by atoms with Crippen molar-refractivity contribution in [1.29, 1.82) is 0 Å². The average molecular weight is 175 g/mol. The normalized spacial score (nSPS) is 19.8. The minimum Gasteiger partial charge on any atom is -0.345 e. The number of benzene rings is 1. The molecule has 13 heavy (non-hydrogen) atoms. The summed E-state index contributed by atoms with van der Waals surface area (Å²) in [5.74, 6) is 0.0674. The van der Waals surface area contributed by atoms with E-state index in [-0.39, 0.29) is 11.9 Å². The number of fused-ring (bicyclic) bond motifs is 1. The van der Waals surface area contributed by atoms with E-state index in [2.05, 4.69) is 24.4 Å². The summed E-state index contributed by atoms with van der Waals surface area (Å²) in [6, 6.07) is 6.31. The first kappa shape index (κ1) is 8.30. The van der Waals surface area contributed by atoms with E-state index in [1.165, 1.54) is 5.56 Å². The standard InChI is InChI=1S/C11H13NO/c1-3-8-4-5-9-7(2)12-11(13)10(9)6-8/h4-7H,3H2,1-2H3,(H,12,13). The Labute approximate surface area is 78.0 Å². The Morgan fingerprint density at radius 2 is 2.23 bits per heavy atom. The van der Waals surface area contributed by atoms with E-state index in [1.54, 1.807) is 0 Å². The molecule has 2 heteroatoms. The Morgan fingerprint density at radius 3 is 2.92 bits per heavy atom. The van der Waals surface area contributed by atoms with Crippen LogP contribution in [-0.4, -0.2) is 5.91 Å². The van der Waals surface area contributed by atoms with Gasteiger partial charge in [0.1, 0.15) is 0 Å². The highest BCUT2D eigenvalue weighted by Crippen LogP contribution is 2.25. The molecular formula is C11H13NO. The second-order valence-electron chi connectivity index (χ2n) is 3.47. The predicted octanol–water partition coefficient (Wildman–Crippen LogP) is 2.05. The number of aryl methyl sites for hydroxylation is 1. The lowest BCUT2D eigenvalue weighted by Gasteiger charge is -2.03. The zero-order valence-electron chi connectivity index (χ0n) is 7.92. The van der Waals surface area contributed by atoms with Crippen LogP contribution in [0.25, 0.3) is 0 Å². The second kappa shape index (κ2) is 2.87. The fourth-order valence-corrected chi connectivity index (χ4v) is 1.75. The number of nitrogens with one attached hydrogen (secondary N) is 1. The molecule has 1 aliphatic rings. The van der Waals surface area contributed by atoms with Crippen molar-refractivity contribution in [3.05, 3.63) is 34.9 Å². The zero-order chi connectivity index (χ0) is 9.42. The number of carbonyl (C=O) groups excluding carboxylic acids is 1. The van der Waals surface area contributed by atoms with Crippen LogP contribution in [0, 0.1) is 0 Å². The number of hydrogen-bond donors (Lipinski definition) is 1. The van der Waals surface area contributed by atoms with Gasteiger partial charge in [0.25, 0.3) is 5.91 Å². The van der Waals surface area contributed by atoms with Crippen molar-refractivity contribution in [2.75, 3.05) is 0 Å². The zero-order valence-corrected chi connectivity index (χ0v) is 7.92. The number of rotatable bonds is 1. The van der Waals surface area contributed by atoms with Gasteiger partial charge in [-0.3, -0.25) is 4.79 Å². The van der Waals surface area contributed by atoms with Crippen LogP contribution in [0.2, 0.25) is 0 Å². The minimum atomic E-state index is 0.0674. The fourth-order valence-electron chi connectivity index (χ4n) is 1.75. The largest absolute Gasteiger partial charge is 0.345 e. The van der Waals surface area contributed by atoms with E-state index in [0.717, 1.165) is 17.5 Å². The van der Waals surface area contributed by atoms with E-state index >= 15 is 0 Å². The molecule has 0 radical (unpaired) electrons. The molecule has 2 nitrogen and oxygen atoms in total. The van der Waals surface area contributed by atoms with Crippen molar-refractivity contribution >= 4 is 5.91 Å². The van der Waals surface area contributed by atoms with E-state index in [0.29, 0.717) is 0 Å². The van der Waals surface area contributed by atoms with Gasteiger partial charge in [-0.2, -0.15) is 0 Å². The van der Waals surface area contributed by atoms with Gasteiger partial charge in [0.05, 0.1) is 6.04 Å². The van der Waals surface area contributed by atoms with Crippen molar-refractivity contribution in [3.63, 3.8) is 0 Å². The summed E-state index contributed by atoms with van der Waals surface area (Å²) in [4.78, 5) is 11.4. The number of amides is 1. The summed E-state index contributed by atoms with van der Waals surface area (Å²) in [6.07, 6.45) is 0.981. The smallest absolute Gasteiger partial charge is 0.252 e. The molecule has 1 amide bonds. The number of hydrogen-bond acceptors (Lipinski definition) is 1. The molecule has 0 spiro atoms. The van der Waals surface area contributed by atoms with E-state index in [1.807, 2.05) is 13.0 Å². The maximum absolute atomic E-state index is 11.4. The lowest BCUT2D eigenvalue weighted by molar-refractivity contribution is 0.0958. The molecule has 1 aromatic rings. The van der Waals surface area contributed by atoms with Crippen molar-refractivity contribution in [2.45, 2.75) is 26.3 Å². The molecule has 1 aromatic carbocycles. The lowest BCUT2D eigenvalue weighted by Crippen LogP contribution is -2.16. The summed E-state index contributed by atoms with van der Waals surface area (Å²) >= 11 is 0. The van der Waals surface area contributed by atoms with Gasteiger partial charge in [-0.1, -0.05) is 19.1 Å². The van der Waals surface area contributed by atoms with Crippen molar-refractivity contribution in [2.24, 2.45) is 0 Å². The molecule has 0 bridgehead atoms. The Morgan fingerprint density at radius 1 is 1.46 bits per heavy atom. The molecule has 1 unspecified atom stereocenters. The molecule has 0 saturated heterocycles. The topological polar surface area (TPSA) is 29.1 Å². The lowest BCUT2D eigenvalue weighted by atomic mass is 10.0. The molecular weight excluding hydrogens is 162 g/mol. The average Bonchev–Trinajstić information content (AvgIpc) is 2.42. The SMILES string of the molecule is CCc1ccc2c(c1)C(=O)NC2C. The molecule has 0 aliphatic carbocycles. The summed E-state index contributed by atoms with van der Waals surface area (Å²) in [5, 5.41) is 2.89. The van der Waals surface area contributed by atoms with Crippen molar-refractivity contribution < 1.29 is 4.79 Å². The van der Waals surface area contributed by atoms with Gasteiger partial charge in [-0.15, -0.1) is 0 Å². The van der Waals surface area contributed by atoms with Crippen molar-refractivity contribution in [1.82, 2.24) is 5.32 Å². The summed E-state index contributed by atoms with van der Waals surface area (Å²) in [7, 11) is 0. The van der Waals surface area contributed by atoms with Gasteiger partial charge in [0.2, 0.25) is 0 Å². The molecule has 1 aliphatic heterocycles.